The molecule has 0 spiro atoms. The molecule has 6 nitrogen and oxygen atoms in total. The number of piperazine rings is 1. The topological polar surface area (TPSA) is 55.9 Å². The van der Waals surface area contributed by atoms with Gasteiger partial charge in [0.2, 0.25) is 5.91 Å². The minimum Gasteiger partial charge on any atom is -0.335 e. The van der Waals surface area contributed by atoms with Crippen molar-refractivity contribution in [2.75, 3.05) is 31.2 Å². The van der Waals surface area contributed by atoms with Crippen molar-refractivity contribution >= 4 is 29.1 Å². The molecule has 1 saturated heterocycles. The number of hydrogen-bond acceptors (Lipinski definition) is 4. The Morgan fingerprint density at radius 3 is 2.34 bits per heavy atom. The maximum Gasteiger partial charge on any atom is 0.271 e. The van der Waals surface area contributed by atoms with Gasteiger partial charge in [0.05, 0.1) is 5.69 Å². The molecule has 0 radical (unpaired) electrons. The fourth-order valence-electron chi connectivity index (χ4n) is 3.56. The molecule has 150 valence electrons. The van der Waals surface area contributed by atoms with Gasteiger partial charge in [0, 0.05) is 44.2 Å². The van der Waals surface area contributed by atoms with Gasteiger partial charge in [0.25, 0.3) is 5.91 Å². The summed E-state index contributed by atoms with van der Waals surface area (Å²) < 4.78 is 0. The number of nitrogens with zero attached hydrogens (tertiary/aromatic N) is 3. The zero-order valence-electron chi connectivity index (χ0n) is 16.1. The molecule has 7 heteroatoms. The number of amides is 2. The Morgan fingerprint density at radius 1 is 0.966 bits per heavy atom. The van der Waals surface area contributed by atoms with E-state index in [2.05, 4.69) is 10.3 Å². The maximum absolute atomic E-state index is 13.0. The van der Waals surface area contributed by atoms with Gasteiger partial charge in [-0.2, -0.15) is 0 Å². The van der Waals surface area contributed by atoms with Crippen molar-refractivity contribution in [2.45, 2.75) is 13.0 Å². The van der Waals surface area contributed by atoms with Gasteiger partial charge in [-0.05, 0) is 35.9 Å². The summed E-state index contributed by atoms with van der Waals surface area (Å²) in [6.07, 6.45) is 1.89. The van der Waals surface area contributed by atoms with Crippen molar-refractivity contribution in [2.24, 2.45) is 0 Å². The summed E-state index contributed by atoms with van der Waals surface area (Å²) in [6, 6.07) is 17.2. The number of para-hydroxylation sites is 1. The lowest BCUT2D eigenvalue weighted by molar-refractivity contribution is -0.129. The van der Waals surface area contributed by atoms with Gasteiger partial charge in [-0.1, -0.05) is 41.9 Å². The van der Waals surface area contributed by atoms with E-state index in [4.69, 9.17) is 11.6 Å². The van der Waals surface area contributed by atoms with E-state index in [0.29, 0.717) is 18.8 Å². The molecular formula is C22H23ClN4O2. The van der Waals surface area contributed by atoms with Crippen LogP contribution in [0.5, 0.6) is 0 Å². The lowest BCUT2D eigenvalue weighted by atomic mass is 10.2. The van der Waals surface area contributed by atoms with Crippen LogP contribution >= 0.6 is 11.6 Å². The number of hydrogen-bond donors (Lipinski definition) is 1. The summed E-state index contributed by atoms with van der Waals surface area (Å²) in [7, 11) is 0. The Morgan fingerprint density at radius 2 is 1.66 bits per heavy atom. The lowest BCUT2D eigenvalue weighted by Gasteiger charge is -2.36. The van der Waals surface area contributed by atoms with E-state index < -0.39 is 0 Å². The van der Waals surface area contributed by atoms with Crippen molar-refractivity contribution in [3.63, 3.8) is 0 Å². The average molecular weight is 411 g/mol. The van der Waals surface area contributed by atoms with Crippen molar-refractivity contribution in [1.29, 1.82) is 0 Å². The van der Waals surface area contributed by atoms with Gasteiger partial charge >= 0.3 is 0 Å². The van der Waals surface area contributed by atoms with E-state index in [0.717, 1.165) is 30.3 Å². The number of anilines is 1. The van der Waals surface area contributed by atoms with Crippen LogP contribution in [0.25, 0.3) is 0 Å². The van der Waals surface area contributed by atoms with Crippen LogP contribution in [0.4, 0.5) is 5.69 Å². The fourth-order valence-corrected chi connectivity index (χ4v) is 3.68. The van der Waals surface area contributed by atoms with Crippen LogP contribution in [0, 0.1) is 0 Å². The smallest absolute Gasteiger partial charge is 0.271 e. The summed E-state index contributed by atoms with van der Waals surface area (Å²) >= 11 is 5.95. The second-order valence-corrected chi connectivity index (χ2v) is 7.63. The predicted octanol–water partition coefficient (Wildman–Crippen LogP) is 2.81. The van der Waals surface area contributed by atoms with Gasteiger partial charge in [-0.25, -0.2) is 5.01 Å². The van der Waals surface area contributed by atoms with Crippen LogP contribution in [-0.2, 0) is 16.1 Å². The highest BCUT2D eigenvalue weighted by Crippen LogP contribution is 2.19. The van der Waals surface area contributed by atoms with Gasteiger partial charge < -0.3 is 4.90 Å². The zero-order valence-corrected chi connectivity index (χ0v) is 16.8. The highest BCUT2D eigenvalue weighted by molar-refractivity contribution is 6.30. The molecule has 0 saturated carbocycles. The summed E-state index contributed by atoms with van der Waals surface area (Å²) in [5.74, 6) is -0.148. The largest absolute Gasteiger partial charge is 0.335 e. The highest BCUT2D eigenvalue weighted by Gasteiger charge is 2.28. The summed E-state index contributed by atoms with van der Waals surface area (Å²) in [5.41, 5.74) is 5.40. The first-order valence-electron chi connectivity index (χ1n) is 9.71. The van der Waals surface area contributed by atoms with Crippen LogP contribution in [-0.4, -0.2) is 47.8 Å². The Labute approximate surface area is 175 Å². The Kier molecular flexibility index (Phi) is 5.83. The molecule has 2 aromatic rings. The van der Waals surface area contributed by atoms with Gasteiger partial charge in [0.15, 0.2) is 0 Å². The van der Waals surface area contributed by atoms with E-state index in [1.807, 2.05) is 59.5 Å². The molecule has 4 rings (SSSR count). The molecule has 2 aliphatic rings. The quantitative estimate of drug-likeness (QED) is 0.842. The monoisotopic (exact) mass is 410 g/mol. The van der Waals surface area contributed by atoms with Gasteiger partial charge in [-0.15, -0.1) is 0 Å². The molecule has 1 fully saturated rings. The number of hydrazine groups is 1. The third-order valence-corrected chi connectivity index (χ3v) is 5.44. The van der Waals surface area contributed by atoms with Crippen LogP contribution < -0.4 is 10.4 Å². The lowest BCUT2D eigenvalue weighted by Crippen LogP contribution is -2.53. The van der Waals surface area contributed by atoms with E-state index >= 15 is 0 Å². The summed E-state index contributed by atoms with van der Waals surface area (Å²) in [6.45, 7) is 3.78. The number of carbonyl (C=O) groups excluding carboxylic acids is 2. The summed E-state index contributed by atoms with van der Waals surface area (Å²) in [4.78, 5) is 29.4. The van der Waals surface area contributed by atoms with Crippen molar-refractivity contribution in [1.82, 2.24) is 15.2 Å². The van der Waals surface area contributed by atoms with Crippen LogP contribution in [0.1, 0.15) is 12.0 Å². The standard InChI is InChI=1S/C22H23ClN4O2/c23-18-8-6-17(7-9-18)16-25-12-14-26(15-13-25)22(29)20-10-11-21(28)27(24-20)19-4-2-1-3-5-19/h1-10,24H,11-16H2. The average Bonchev–Trinajstić information content (AvgIpc) is 2.76. The molecule has 2 aliphatic heterocycles. The van der Waals surface area contributed by atoms with Crippen LogP contribution in [0.15, 0.2) is 66.4 Å². The second kappa shape index (κ2) is 8.68. The maximum atomic E-state index is 13.0. The first-order chi connectivity index (χ1) is 14.1. The van der Waals surface area contributed by atoms with E-state index in [-0.39, 0.29) is 18.2 Å². The van der Waals surface area contributed by atoms with E-state index in [9.17, 15) is 9.59 Å². The van der Waals surface area contributed by atoms with Gasteiger partial charge in [-0.3, -0.25) is 19.9 Å². The molecule has 29 heavy (non-hydrogen) atoms. The van der Waals surface area contributed by atoms with E-state index in [1.165, 1.54) is 10.6 Å². The van der Waals surface area contributed by atoms with Crippen LogP contribution in [0.2, 0.25) is 5.02 Å². The molecule has 2 heterocycles. The molecule has 0 bridgehead atoms. The molecule has 0 aliphatic carbocycles. The third kappa shape index (κ3) is 4.60. The highest BCUT2D eigenvalue weighted by atomic mass is 35.5. The number of rotatable bonds is 4. The molecule has 0 atom stereocenters. The number of benzene rings is 2. The molecule has 0 unspecified atom stereocenters. The normalized spacial score (nSPS) is 17.7. The second-order valence-electron chi connectivity index (χ2n) is 7.19. The Bertz CT molecular complexity index is 906. The van der Waals surface area contributed by atoms with Crippen molar-refractivity contribution in [3.05, 3.63) is 77.0 Å². The molecular weight excluding hydrogens is 388 g/mol. The third-order valence-electron chi connectivity index (χ3n) is 5.19. The minimum absolute atomic E-state index is 0.0652. The Hall–Kier alpha value is -2.83. The number of halogens is 1. The fraction of sp³-hybridized carbons (Fsp3) is 0.273. The van der Waals surface area contributed by atoms with Crippen molar-refractivity contribution < 1.29 is 9.59 Å². The first kappa shape index (κ1) is 19.5. The predicted molar refractivity (Wildman–Crippen MR) is 113 cm³/mol. The molecule has 2 amide bonds. The molecule has 2 aromatic carbocycles. The number of nitrogens with one attached hydrogen (secondary N) is 1. The molecule has 1 N–H and O–H groups in total. The molecule has 0 aromatic heterocycles. The Balaban J connectivity index is 1.34. The SMILES string of the molecule is O=C(C1=CCC(=O)N(c2ccccc2)N1)N1CCN(Cc2ccc(Cl)cc2)CC1. The van der Waals surface area contributed by atoms with Crippen LogP contribution in [0.3, 0.4) is 0 Å². The minimum atomic E-state index is -0.0828. The van der Waals surface area contributed by atoms with Gasteiger partial charge in [0.1, 0.15) is 5.70 Å². The zero-order chi connectivity index (χ0) is 20.2. The van der Waals surface area contributed by atoms with Crippen molar-refractivity contribution in [3.8, 4) is 0 Å². The first-order valence-corrected chi connectivity index (χ1v) is 10.1. The summed E-state index contributed by atoms with van der Waals surface area (Å²) in [5, 5.41) is 2.18. The van der Waals surface area contributed by atoms with E-state index in [1.54, 1.807) is 6.08 Å². The number of carbonyl (C=O) groups is 2.